The number of benzene rings is 1. The minimum absolute atomic E-state index is 0. The van der Waals surface area contributed by atoms with Gasteiger partial charge in [0.05, 0.1) is 13.7 Å². The van der Waals surface area contributed by atoms with Gasteiger partial charge in [0.15, 0.2) is 5.96 Å². The topological polar surface area (TPSA) is 76.9 Å². The standard InChI is InChI=1S/C22H32N4O3.HI/c1-4-23-22(25-15-17-29-20-12-10-19(28-3)11-13-20)24-14-5-6-16-26-18(2)8-7-9-21(26)27;/h7-13H,4-6,14-17H2,1-3H3,(H2,23,24,25);1H. The van der Waals surface area contributed by atoms with Gasteiger partial charge in [0.25, 0.3) is 5.56 Å². The van der Waals surface area contributed by atoms with Crippen LogP contribution in [0.5, 0.6) is 11.5 Å². The molecule has 0 amide bonds. The van der Waals surface area contributed by atoms with E-state index >= 15 is 0 Å². The van der Waals surface area contributed by atoms with E-state index in [1.54, 1.807) is 19.2 Å². The first-order valence-corrected chi connectivity index (χ1v) is 10.1. The Labute approximate surface area is 195 Å². The van der Waals surface area contributed by atoms with Gasteiger partial charge in [0.1, 0.15) is 18.1 Å². The Kier molecular flexibility index (Phi) is 12.6. The molecule has 0 aliphatic heterocycles. The summed E-state index contributed by atoms with van der Waals surface area (Å²) in [4.78, 5) is 16.5. The number of methoxy groups -OCH3 is 1. The number of nitrogens with zero attached hydrogens (tertiary/aromatic N) is 2. The number of rotatable bonds is 11. The van der Waals surface area contributed by atoms with E-state index in [0.29, 0.717) is 19.7 Å². The molecule has 166 valence electrons. The Morgan fingerprint density at radius 2 is 1.80 bits per heavy atom. The number of hydrogen-bond donors (Lipinski definition) is 2. The maximum Gasteiger partial charge on any atom is 0.250 e. The van der Waals surface area contributed by atoms with Crippen molar-refractivity contribution in [2.75, 3.05) is 33.4 Å². The highest BCUT2D eigenvalue weighted by molar-refractivity contribution is 14.0. The molecule has 0 aliphatic carbocycles. The van der Waals surface area contributed by atoms with Crippen LogP contribution in [0.4, 0.5) is 0 Å². The average Bonchev–Trinajstić information content (AvgIpc) is 2.73. The number of unbranched alkanes of at least 4 members (excludes halogenated alkanes) is 1. The van der Waals surface area contributed by atoms with Crippen molar-refractivity contribution >= 4 is 29.9 Å². The van der Waals surface area contributed by atoms with E-state index in [4.69, 9.17) is 9.47 Å². The molecule has 8 heteroatoms. The minimum atomic E-state index is 0. The van der Waals surface area contributed by atoms with Crippen LogP contribution in [0.1, 0.15) is 25.5 Å². The van der Waals surface area contributed by atoms with E-state index in [-0.39, 0.29) is 29.5 Å². The summed E-state index contributed by atoms with van der Waals surface area (Å²) in [6.07, 6.45) is 1.83. The predicted octanol–water partition coefficient (Wildman–Crippen LogP) is 3.20. The summed E-state index contributed by atoms with van der Waals surface area (Å²) < 4.78 is 12.7. The van der Waals surface area contributed by atoms with Crippen molar-refractivity contribution in [3.05, 3.63) is 58.5 Å². The maximum absolute atomic E-state index is 11.9. The Bertz CT molecular complexity index is 822. The van der Waals surface area contributed by atoms with Crippen molar-refractivity contribution in [1.29, 1.82) is 0 Å². The van der Waals surface area contributed by atoms with E-state index in [2.05, 4.69) is 15.6 Å². The van der Waals surface area contributed by atoms with Gasteiger partial charge >= 0.3 is 0 Å². The number of guanidine groups is 1. The first-order valence-electron chi connectivity index (χ1n) is 10.1. The fourth-order valence-corrected chi connectivity index (χ4v) is 2.83. The summed E-state index contributed by atoms with van der Waals surface area (Å²) in [5.74, 6) is 2.39. The highest BCUT2D eigenvalue weighted by Gasteiger charge is 2.00. The van der Waals surface area contributed by atoms with Crippen LogP contribution in [-0.4, -0.2) is 43.9 Å². The summed E-state index contributed by atoms with van der Waals surface area (Å²) in [5, 5.41) is 6.51. The Balaban J connectivity index is 0.00000450. The third-order valence-electron chi connectivity index (χ3n) is 4.39. The van der Waals surface area contributed by atoms with Gasteiger partial charge < -0.3 is 24.7 Å². The summed E-state index contributed by atoms with van der Waals surface area (Å²) in [6, 6.07) is 12.9. The molecule has 1 aromatic heterocycles. The molecule has 7 nitrogen and oxygen atoms in total. The third-order valence-corrected chi connectivity index (χ3v) is 4.39. The SMILES string of the molecule is CCNC(=NCCCCn1c(C)cccc1=O)NCCOc1ccc(OC)cc1.I. The molecular formula is C22H33IN4O3. The van der Waals surface area contributed by atoms with E-state index in [0.717, 1.165) is 49.1 Å². The van der Waals surface area contributed by atoms with Crippen molar-refractivity contribution in [1.82, 2.24) is 15.2 Å². The molecule has 2 rings (SSSR count). The molecule has 0 saturated carbocycles. The molecule has 0 radical (unpaired) electrons. The summed E-state index contributed by atoms with van der Waals surface area (Å²) >= 11 is 0. The van der Waals surface area contributed by atoms with Crippen LogP contribution in [0, 0.1) is 6.92 Å². The number of pyridine rings is 1. The lowest BCUT2D eigenvalue weighted by Crippen LogP contribution is -2.39. The van der Waals surface area contributed by atoms with Crippen molar-refractivity contribution in [2.24, 2.45) is 4.99 Å². The highest BCUT2D eigenvalue weighted by Crippen LogP contribution is 2.16. The second-order valence-corrected chi connectivity index (χ2v) is 6.58. The van der Waals surface area contributed by atoms with Crippen LogP contribution < -0.4 is 25.7 Å². The van der Waals surface area contributed by atoms with Crippen molar-refractivity contribution in [3.8, 4) is 11.5 Å². The molecule has 0 spiro atoms. The molecule has 0 fully saturated rings. The molecule has 2 aromatic rings. The number of aryl methyl sites for hydroxylation is 1. The van der Waals surface area contributed by atoms with Gasteiger partial charge in [-0.25, -0.2) is 0 Å². The molecule has 0 aliphatic rings. The second-order valence-electron chi connectivity index (χ2n) is 6.58. The van der Waals surface area contributed by atoms with Gasteiger partial charge in [0, 0.05) is 31.4 Å². The molecule has 1 heterocycles. The van der Waals surface area contributed by atoms with Gasteiger partial charge in [-0.15, -0.1) is 24.0 Å². The van der Waals surface area contributed by atoms with Gasteiger partial charge in [0.2, 0.25) is 0 Å². The van der Waals surface area contributed by atoms with Crippen LogP contribution in [0.15, 0.2) is 52.3 Å². The third kappa shape index (κ3) is 9.06. The van der Waals surface area contributed by atoms with Gasteiger partial charge in [-0.1, -0.05) is 6.07 Å². The minimum Gasteiger partial charge on any atom is -0.497 e. The van der Waals surface area contributed by atoms with Gasteiger partial charge in [-0.2, -0.15) is 0 Å². The van der Waals surface area contributed by atoms with Crippen LogP contribution in [0.3, 0.4) is 0 Å². The molecule has 0 bridgehead atoms. The second kappa shape index (κ2) is 14.7. The zero-order valence-corrected chi connectivity index (χ0v) is 20.3. The number of aromatic nitrogens is 1. The van der Waals surface area contributed by atoms with Crippen LogP contribution in [0.2, 0.25) is 0 Å². The number of aliphatic imine (C=N–C) groups is 1. The highest BCUT2D eigenvalue weighted by atomic mass is 127. The number of hydrogen-bond acceptors (Lipinski definition) is 4. The predicted molar refractivity (Wildman–Crippen MR) is 133 cm³/mol. The number of ether oxygens (including phenoxy) is 2. The molecule has 2 N–H and O–H groups in total. The molecule has 0 unspecified atom stereocenters. The molecule has 0 saturated heterocycles. The lowest BCUT2D eigenvalue weighted by atomic mass is 10.3. The molecule has 0 atom stereocenters. The van der Waals surface area contributed by atoms with E-state index in [1.807, 2.05) is 48.7 Å². The van der Waals surface area contributed by atoms with Gasteiger partial charge in [-0.3, -0.25) is 9.79 Å². The average molecular weight is 528 g/mol. The molecular weight excluding hydrogens is 495 g/mol. The van der Waals surface area contributed by atoms with E-state index in [1.165, 1.54) is 0 Å². The lowest BCUT2D eigenvalue weighted by molar-refractivity contribution is 0.321. The Morgan fingerprint density at radius 3 is 2.47 bits per heavy atom. The first kappa shape index (κ1) is 25.8. The van der Waals surface area contributed by atoms with Crippen LogP contribution in [0.25, 0.3) is 0 Å². The molecule has 1 aromatic carbocycles. The normalized spacial score (nSPS) is 10.8. The fraction of sp³-hybridized carbons (Fsp3) is 0.455. The maximum atomic E-state index is 11.9. The van der Waals surface area contributed by atoms with Crippen LogP contribution >= 0.6 is 24.0 Å². The Morgan fingerprint density at radius 1 is 1.07 bits per heavy atom. The lowest BCUT2D eigenvalue weighted by Gasteiger charge is -2.12. The molecule has 30 heavy (non-hydrogen) atoms. The Hall–Kier alpha value is -2.23. The summed E-state index contributed by atoms with van der Waals surface area (Å²) in [6.45, 7) is 7.40. The van der Waals surface area contributed by atoms with Crippen molar-refractivity contribution in [3.63, 3.8) is 0 Å². The monoisotopic (exact) mass is 528 g/mol. The summed E-state index contributed by atoms with van der Waals surface area (Å²) in [7, 11) is 1.64. The van der Waals surface area contributed by atoms with E-state index < -0.39 is 0 Å². The zero-order chi connectivity index (χ0) is 20.9. The zero-order valence-electron chi connectivity index (χ0n) is 18.0. The van der Waals surface area contributed by atoms with Gasteiger partial charge in [-0.05, 0) is 57.0 Å². The fourth-order valence-electron chi connectivity index (χ4n) is 2.83. The van der Waals surface area contributed by atoms with Crippen molar-refractivity contribution in [2.45, 2.75) is 33.2 Å². The van der Waals surface area contributed by atoms with Crippen molar-refractivity contribution < 1.29 is 9.47 Å². The quantitative estimate of drug-likeness (QED) is 0.203. The van der Waals surface area contributed by atoms with Crippen LogP contribution in [-0.2, 0) is 6.54 Å². The van der Waals surface area contributed by atoms with E-state index in [9.17, 15) is 4.79 Å². The number of nitrogens with one attached hydrogen (secondary N) is 2. The number of halogens is 1. The smallest absolute Gasteiger partial charge is 0.250 e. The summed E-state index contributed by atoms with van der Waals surface area (Å²) in [5.41, 5.74) is 1.05. The largest absolute Gasteiger partial charge is 0.497 e. The first-order chi connectivity index (χ1) is 14.1.